The van der Waals surface area contributed by atoms with E-state index in [9.17, 15) is 0 Å². The number of nitrogens with one attached hydrogen (secondary N) is 1. The molecule has 0 aliphatic carbocycles. The molecule has 1 aromatic rings. The van der Waals surface area contributed by atoms with Crippen LogP contribution in [0.3, 0.4) is 0 Å². The van der Waals surface area contributed by atoms with Crippen LogP contribution in [0.15, 0.2) is 24.3 Å². The van der Waals surface area contributed by atoms with Gasteiger partial charge in [-0.15, -0.1) is 0 Å². The Morgan fingerprint density at radius 3 is 2.47 bits per heavy atom. The number of benzene rings is 1. The Morgan fingerprint density at radius 1 is 1.29 bits per heavy atom. The monoisotopic (exact) mass is 236 g/mol. The van der Waals surface area contributed by atoms with Crippen molar-refractivity contribution in [2.75, 3.05) is 6.61 Å². The van der Waals surface area contributed by atoms with E-state index in [1.165, 1.54) is 0 Å². The number of para-hydroxylation sites is 2. The summed E-state index contributed by atoms with van der Waals surface area (Å²) in [5.41, 5.74) is 5.39. The van der Waals surface area contributed by atoms with Gasteiger partial charge in [-0.25, -0.2) is 0 Å². The summed E-state index contributed by atoms with van der Waals surface area (Å²) in [6.07, 6.45) is 1.17. The van der Waals surface area contributed by atoms with Crippen LogP contribution in [0, 0.1) is 5.41 Å². The number of amidine groups is 1. The second kappa shape index (κ2) is 6.78. The van der Waals surface area contributed by atoms with Crippen LogP contribution in [-0.2, 0) is 0 Å². The number of nitrogens with two attached hydrogens (primary N) is 1. The average Bonchev–Trinajstić information content (AvgIpc) is 2.30. The van der Waals surface area contributed by atoms with Crippen LogP contribution in [0.2, 0.25) is 0 Å². The maximum atomic E-state index is 7.30. The third-order valence-corrected chi connectivity index (χ3v) is 2.35. The average molecular weight is 236 g/mol. The van der Waals surface area contributed by atoms with E-state index in [0.717, 1.165) is 12.2 Å². The SMILES string of the molecule is CCOc1ccccc1OC(CC)CC(=N)N. The molecule has 0 aliphatic rings. The lowest BCUT2D eigenvalue weighted by molar-refractivity contribution is 0.192. The van der Waals surface area contributed by atoms with Crippen LogP contribution >= 0.6 is 0 Å². The van der Waals surface area contributed by atoms with Crippen LogP contribution in [0.25, 0.3) is 0 Å². The molecule has 0 radical (unpaired) electrons. The molecule has 0 saturated heterocycles. The Morgan fingerprint density at radius 2 is 1.94 bits per heavy atom. The van der Waals surface area contributed by atoms with Gasteiger partial charge in [0.2, 0.25) is 0 Å². The number of hydrogen-bond acceptors (Lipinski definition) is 3. The van der Waals surface area contributed by atoms with E-state index >= 15 is 0 Å². The van der Waals surface area contributed by atoms with Crippen molar-refractivity contribution >= 4 is 5.84 Å². The Bertz CT molecular complexity index is 366. The van der Waals surface area contributed by atoms with Crippen LogP contribution in [0.4, 0.5) is 0 Å². The van der Waals surface area contributed by atoms with Crippen molar-refractivity contribution in [2.24, 2.45) is 5.73 Å². The summed E-state index contributed by atoms with van der Waals surface area (Å²) in [6, 6.07) is 7.55. The molecule has 1 unspecified atom stereocenters. The zero-order chi connectivity index (χ0) is 12.7. The standard InChI is InChI=1S/C13H20N2O2/c1-3-10(9-13(14)15)17-12-8-6-5-7-11(12)16-4-2/h5-8,10H,3-4,9H2,1-2H3,(H3,14,15). The number of rotatable bonds is 7. The van der Waals surface area contributed by atoms with Crippen LogP contribution in [0.1, 0.15) is 26.7 Å². The summed E-state index contributed by atoms with van der Waals surface area (Å²) in [7, 11) is 0. The highest BCUT2D eigenvalue weighted by molar-refractivity contribution is 5.77. The van der Waals surface area contributed by atoms with Gasteiger partial charge >= 0.3 is 0 Å². The van der Waals surface area contributed by atoms with E-state index in [1.54, 1.807) is 0 Å². The van der Waals surface area contributed by atoms with E-state index in [4.69, 9.17) is 20.6 Å². The maximum Gasteiger partial charge on any atom is 0.161 e. The van der Waals surface area contributed by atoms with Gasteiger partial charge in [-0.2, -0.15) is 0 Å². The first-order chi connectivity index (χ1) is 8.17. The zero-order valence-corrected chi connectivity index (χ0v) is 10.4. The minimum Gasteiger partial charge on any atom is -0.490 e. The first-order valence-corrected chi connectivity index (χ1v) is 5.88. The first-order valence-electron chi connectivity index (χ1n) is 5.88. The summed E-state index contributed by atoms with van der Waals surface area (Å²) in [4.78, 5) is 0. The molecule has 0 aliphatic heterocycles. The van der Waals surface area contributed by atoms with Gasteiger partial charge in [-0.05, 0) is 25.5 Å². The van der Waals surface area contributed by atoms with Crippen molar-refractivity contribution in [3.05, 3.63) is 24.3 Å². The third kappa shape index (κ3) is 4.34. The van der Waals surface area contributed by atoms with Crippen molar-refractivity contribution in [1.82, 2.24) is 0 Å². The lowest BCUT2D eigenvalue weighted by Gasteiger charge is -2.19. The van der Waals surface area contributed by atoms with Gasteiger partial charge in [-0.3, -0.25) is 5.41 Å². The molecule has 0 heterocycles. The molecular weight excluding hydrogens is 216 g/mol. The van der Waals surface area contributed by atoms with Gasteiger partial charge in [0.1, 0.15) is 6.10 Å². The molecule has 0 amide bonds. The second-order valence-corrected chi connectivity index (χ2v) is 3.76. The molecule has 1 rings (SSSR count). The summed E-state index contributed by atoms with van der Waals surface area (Å²) >= 11 is 0. The molecule has 1 aromatic carbocycles. The fourth-order valence-electron chi connectivity index (χ4n) is 1.52. The Balaban J connectivity index is 2.74. The Hall–Kier alpha value is -1.71. The quantitative estimate of drug-likeness (QED) is 0.564. The lowest BCUT2D eigenvalue weighted by Crippen LogP contribution is -2.24. The largest absolute Gasteiger partial charge is 0.490 e. The van der Waals surface area contributed by atoms with Gasteiger partial charge in [0.25, 0.3) is 0 Å². The van der Waals surface area contributed by atoms with E-state index < -0.39 is 0 Å². The molecule has 3 N–H and O–H groups in total. The highest BCUT2D eigenvalue weighted by Gasteiger charge is 2.12. The number of hydrogen-bond donors (Lipinski definition) is 2. The zero-order valence-electron chi connectivity index (χ0n) is 10.4. The lowest BCUT2D eigenvalue weighted by atomic mass is 10.2. The predicted octanol–water partition coefficient (Wildman–Crippen LogP) is 2.57. The molecule has 4 nitrogen and oxygen atoms in total. The smallest absolute Gasteiger partial charge is 0.161 e. The molecule has 94 valence electrons. The Labute approximate surface area is 102 Å². The minimum absolute atomic E-state index is 0.0749. The van der Waals surface area contributed by atoms with Crippen molar-refractivity contribution in [3.8, 4) is 11.5 Å². The van der Waals surface area contributed by atoms with E-state index in [2.05, 4.69) is 0 Å². The summed E-state index contributed by atoms with van der Waals surface area (Å²) in [5.74, 6) is 1.59. The normalized spacial score (nSPS) is 11.9. The van der Waals surface area contributed by atoms with Gasteiger partial charge in [0.05, 0.1) is 12.4 Å². The maximum absolute atomic E-state index is 7.30. The summed E-state index contributed by atoms with van der Waals surface area (Å²) in [6.45, 7) is 4.55. The third-order valence-electron chi connectivity index (χ3n) is 2.35. The van der Waals surface area contributed by atoms with E-state index in [-0.39, 0.29) is 11.9 Å². The van der Waals surface area contributed by atoms with Crippen molar-refractivity contribution in [3.63, 3.8) is 0 Å². The topological polar surface area (TPSA) is 68.3 Å². The van der Waals surface area contributed by atoms with Crippen molar-refractivity contribution < 1.29 is 9.47 Å². The molecule has 0 saturated carbocycles. The first kappa shape index (κ1) is 13.4. The van der Waals surface area contributed by atoms with E-state index in [1.807, 2.05) is 38.1 Å². The molecule has 0 bridgehead atoms. The second-order valence-electron chi connectivity index (χ2n) is 3.76. The van der Waals surface area contributed by atoms with Crippen molar-refractivity contribution in [2.45, 2.75) is 32.8 Å². The Kier molecular flexibility index (Phi) is 5.33. The highest BCUT2D eigenvalue weighted by Crippen LogP contribution is 2.28. The number of ether oxygens (including phenoxy) is 2. The van der Waals surface area contributed by atoms with Gasteiger partial charge in [0, 0.05) is 6.42 Å². The van der Waals surface area contributed by atoms with Gasteiger partial charge in [-0.1, -0.05) is 19.1 Å². The molecule has 0 aromatic heterocycles. The fraction of sp³-hybridized carbons (Fsp3) is 0.462. The molecular formula is C13H20N2O2. The molecule has 1 atom stereocenters. The molecule has 4 heteroatoms. The van der Waals surface area contributed by atoms with Gasteiger partial charge in [0.15, 0.2) is 11.5 Å². The molecule has 17 heavy (non-hydrogen) atoms. The minimum atomic E-state index is -0.0749. The highest BCUT2D eigenvalue weighted by atomic mass is 16.5. The fourth-order valence-corrected chi connectivity index (χ4v) is 1.52. The van der Waals surface area contributed by atoms with Crippen LogP contribution in [-0.4, -0.2) is 18.5 Å². The summed E-state index contributed by atoms with van der Waals surface area (Å²) < 4.78 is 11.3. The molecule has 0 spiro atoms. The van der Waals surface area contributed by atoms with Crippen LogP contribution in [0.5, 0.6) is 11.5 Å². The van der Waals surface area contributed by atoms with Crippen LogP contribution < -0.4 is 15.2 Å². The summed E-state index contributed by atoms with van der Waals surface area (Å²) in [5, 5.41) is 7.30. The van der Waals surface area contributed by atoms with Crippen molar-refractivity contribution in [1.29, 1.82) is 5.41 Å². The van der Waals surface area contributed by atoms with E-state index in [0.29, 0.717) is 18.8 Å². The predicted molar refractivity (Wildman–Crippen MR) is 68.8 cm³/mol. The van der Waals surface area contributed by atoms with Gasteiger partial charge < -0.3 is 15.2 Å². The molecule has 0 fully saturated rings.